The Morgan fingerprint density at radius 2 is 2.00 bits per heavy atom. The zero-order valence-corrected chi connectivity index (χ0v) is 16.1. The van der Waals surface area contributed by atoms with Gasteiger partial charge in [-0.15, -0.1) is 11.3 Å². The first kappa shape index (κ1) is 16.9. The Hall–Kier alpha value is -3.19. The first-order valence-corrected chi connectivity index (χ1v) is 10.0. The fourth-order valence-electron chi connectivity index (χ4n) is 3.75. The number of hydrogen-bond acceptors (Lipinski definition) is 6. The molecule has 0 bridgehead atoms. The lowest BCUT2D eigenvalue weighted by Crippen LogP contribution is -2.24. The number of thiazole rings is 1. The SMILES string of the molecule is Cc1csc(-c2cc(-c3ccnnc3)c3n(c2=O)CCCc2ccncc2-3)n1. The zero-order chi connectivity index (χ0) is 19.1. The van der Waals surface area contributed by atoms with Crippen molar-refractivity contribution in [1.29, 1.82) is 0 Å². The Kier molecular flexibility index (Phi) is 4.09. The van der Waals surface area contributed by atoms with E-state index in [0.717, 1.165) is 45.9 Å². The summed E-state index contributed by atoms with van der Waals surface area (Å²) < 4.78 is 1.88. The molecule has 0 aliphatic carbocycles. The molecule has 0 spiro atoms. The van der Waals surface area contributed by atoms with E-state index in [9.17, 15) is 4.79 Å². The largest absolute Gasteiger partial charge is 0.307 e. The molecular formula is C21H17N5OS. The van der Waals surface area contributed by atoms with Crippen molar-refractivity contribution in [3.05, 3.63) is 70.0 Å². The van der Waals surface area contributed by atoms with Crippen LogP contribution in [0.15, 0.2) is 53.2 Å². The van der Waals surface area contributed by atoms with E-state index in [4.69, 9.17) is 0 Å². The van der Waals surface area contributed by atoms with Gasteiger partial charge in [-0.3, -0.25) is 9.78 Å². The molecule has 0 N–H and O–H groups in total. The number of fused-ring (bicyclic) bond motifs is 3. The summed E-state index contributed by atoms with van der Waals surface area (Å²) in [7, 11) is 0. The van der Waals surface area contributed by atoms with Crippen molar-refractivity contribution < 1.29 is 0 Å². The molecule has 4 aromatic heterocycles. The molecule has 0 aromatic carbocycles. The summed E-state index contributed by atoms with van der Waals surface area (Å²) in [5.74, 6) is 0. The quantitative estimate of drug-likeness (QED) is 0.524. The van der Waals surface area contributed by atoms with Crippen molar-refractivity contribution in [2.45, 2.75) is 26.3 Å². The van der Waals surface area contributed by atoms with Gasteiger partial charge in [-0.05, 0) is 43.5 Å². The molecule has 5 heterocycles. The number of aromatic nitrogens is 5. The van der Waals surface area contributed by atoms with Gasteiger partial charge in [0.1, 0.15) is 5.01 Å². The summed E-state index contributed by atoms with van der Waals surface area (Å²) in [6.07, 6.45) is 8.89. The average molecular weight is 387 g/mol. The van der Waals surface area contributed by atoms with Gasteiger partial charge in [0.2, 0.25) is 0 Å². The molecule has 0 atom stereocenters. The highest BCUT2D eigenvalue weighted by Crippen LogP contribution is 2.37. The summed E-state index contributed by atoms with van der Waals surface area (Å²) in [6, 6.07) is 5.92. The molecule has 7 heteroatoms. The van der Waals surface area contributed by atoms with Gasteiger partial charge in [0, 0.05) is 46.7 Å². The van der Waals surface area contributed by atoms with Crippen LogP contribution in [0.4, 0.5) is 0 Å². The van der Waals surface area contributed by atoms with Crippen molar-refractivity contribution in [2.75, 3.05) is 0 Å². The van der Waals surface area contributed by atoms with Gasteiger partial charge >= 0.3 is 0 Å². The van der Waals surface area contributed by atoms with Gasteiger partial charge in [-0.25, -0.2) is 4.98 Å². The maximum Gasteiger partial charge on any atom is 0.261 e. The molecule has 0 fully saturated rings. The number of nitrogens with zero attached hydrogens (tertiary/aromatic N) is 5. The lowest BCUT2D eigenvalue weighted by atomic mass is 9.96. The fraction of sp³-hybridized carbons (Fsp3) is 0.190. The van der Waals surface area contributed by atoms with E-state index in [2.05, 4.69) is 20.2 Å². The second kappa shape index (κ2) is 6.76. The van der Waals surface area contributed by atoms with E-state index in [0.29, 0.717) is 12.1 Å². The molecule has 0 amide bonds. The molecule has 0 saturated heterocycles. The van der Waals surface area contributed by atoms with Gasteiger partial charge in [0.05, 0.1) is 23.7 Å². The van der Waals surface area contributed by atoms with E-state index in [1.807, 2.05) is 47.5 Å². The maximum absolute atomic E-state index is 13.5. The van der Waals surface area contributed by atoms with Gasteiger partial charge < -0.3 is 4.57 Å². The Morgan fingerprint density at radius 1 is 1.07 bits per heavy atom. The molecule has 0 saturated carbocycles. The fourth-order valence-corrected chi connectivity index (χ4v) is 4.56. The number of hydrogen-bond donors (Lipinski definition) is 0. The predicted molar refractivity (Wildman–Crippen MR) is 109 cm³/mol. The minimum absolute atomic E-state index is 0.00758. The predicted octanol–water partition coefficient (Wildman–Crippen LogP) is 3.75. The second-order valence-electron chi connectivity index (χ2n) is 6.84. The monoisotopic (exact) mass is 387 g/mol. The molecule has 6 nitrogen and oxygen atoms in total. The van der Waals surface area contributed by atoms with Gasteiger partial charge in [-0.1, -0.05) is 0 Å². The Morgan fingerprint density at radius 3 is 2.79 bits per heavy atom. The third kappa shape index (κ3) is 2.75. The van der Waals surface area contributed by atoms with Gasteiger partial charge in [0.25, 0.3) is 5.56 Å². The van der Waals surface area contributed by atoms with E-state index >= 15 is 0 Å². The number of rotatable bonds is 2. The summed E-state index contributed by atoms with van der Waals surface area (Å²) in [5.41, 5.74) is 6.52. The highest BCUT2D eigenvalue weighted by Gasteiger charge is 2.23. The molecule has 0 radical (unpaired) electrons. The standard InChI is InChI=1S/C21H17N5OS/c1-13-12-28-20(25-13)17-9-16(15-5-7-23-24-10-15)19-18-11-22-6-4-14(18)3-2-8-26(19)21(17)27/h4-7,9-12H,2-3,8H2,1H3. The van der Waals surface area contributed by atoms with Crippen LogP contribution >= 0.6 is 11.3 Å². The van der Waals surface area contributed by atoms with Crippen LogP contribution in [0, 0.1) is 6.92 Å². The molecule has 0 unspecified atom stereocenters. The van der Waals surface area contributed by atoms with Gasteiger partial charge in [0.15, 0.2) is 0 Å². The molecule has 28 heavy (non-hydrogen) atoms. The van der Waals surface area contributed by atoms with Crippen LogP contribution in [0.3, 0.4) is 0 Å². The van der Waals surface area contributed by atoms with Crippen LogP contribution in [-0.4, -0.2) is 24.7 Å². The molecule has 138 valence electrons. The van der Waals surface area contributed by atoms with E-state index in [-0.39, 0.29) is 5.56 Å². The highest BCUT2D eigenvalue weighted by molar-refractivity contribution is 7.13. The van der Waals surface area contributed by atoms with Crippen molar-refractivity contribution in [1.82, 2.24) is 24.7 Å². The van der Waals surface area contributed by atoms with Crippen LogP contribution in [-0.2, 0) is 13.0 Å². The van der Waals surface area contributed by atoms with Crippen molar-refractivity contribution in [2.24, 2.45) is 0 Å². The van der Waals surface area contributed by atoms with Crippen molar-refractivity contribution >= 4 is 11.3 Å². The minimum Gasteiger partial charge on any atom is -0.307 e. The summed E-state index contributed by atoms with van der Waals surface area (Å²) in [4.78, 5) is 22.3. The van der Waals surface area contributed by atoms with Crippen molar-refractivity contribution in [3.8, 4) is 33.0 Å². The van der Waals surface area contributed by atoms with Crippen LogP contribution in [0.1, 0.15) is 17.7 Å². The van der Waals surface area contributed by atoms with Crippen LogP contribution in [0.2, 0.25) is 0 Å². The molecular weight excluding hydrogens is 370 g/mol. The maximum atomic E-state index is 13.5. The smallest absolute Gasteiger partial charge is 0.261 e. The molecule has 4 aromatic rings. The molecule has 1 aliphatic heterocycles. The number of pyridine rings is 2. The summed E-state index contributed by atoms with van der Waals surface area (Å²) in [5, 5.41) is 10.7. The van der Waals surface area contributed by atoms with E-state index < -0.39 is 0 Å². The lowest BCUT2D eigenvalue weighted by Gasteiger charge is -2.17. The zero-order valence-electron chi connectivity index (χ0n) is 15.3. The van der Waals surface area contributed by atoms with Gasteiger partial charge in [-0.2, -0.15) is 10.2 Å². The first-order valence-electron chi connectivity index (χ1n) is 9.13. The Balaban J connectivity index is 1.89. The topological polar surface area (TPSA) is 73.6 Å². The Bertz CT molecular complexity index is 1230. The van der Waals surface area contributed by atoms with Crippen LogP contribution in [0.25, 0.3) is 33.0 Å². The Labute approximate surface area is 165 Å². The average Bonchev–Trinajstić information content (AvgIpc) is 3.06. The summed E-state index contributed by atoms with van der Waals surface area (Å²) >= 11 is 1.50. The van der Waals surface area contributed by atoms with E-state index in [1.165, 1.54) is 16.9 Å². The summed E-state index contributed by atoms with van der Waals surface area (Å²) in [6.45, 7) is 2.60. The lowest BCUT2D eigenvalue weighted by molar-refractivity contribution is 0.642. The molecule has 1 aliphatic rings. The molecule has 5 rings (SSSR count). The third-order valence-corrected chi connectivity index (χ3v) is 6.02. The highest BCUT2D eigenvalue weighted by atomic mass is 32.1. The first-order chi connectivity index (χ1) is 13.7. The second-order valence-corrected chi connectivity index (χ2v) is 7.70. The van der Waals surface area contributed by atoms with Crippen LogP contribution in [0.5, 0.6) is 0 Å². The van der Waals surface area contributed by atoms with Crippen molar-refractivity contribution in [3.63, 3.8) is 0 Å². The minimum atomic E-state index is -0.00758. The third-order valence-electron chi connectivity index (χ3n) is 5.03. The normalized spacial score (nSPS) is 12.9. The van der Waals surface area contributed by atoms with Crippen LogP contribution < -0.4 is 5.56 Å². The van der Waals surface area contributed by atoms with E-state index in [1.54, 1.807) is 12.4 Å². The number of aryl methyl sites for hydroxylation is 2.